The van der Waals surface area contributed by atoms with Gasteiger partial charge in [-0.15, -0.1) is 0 Å². The van der Waals surface area contributed by atoms with Crippen molar-refractivity contribution in [3.63, 3.8) is 0 Å². The average Bonchev–Trinajstić information content (AvgIpc) is 3.46. The van der Waals surface area contributed by atoms with Crippen LogP contribution in [0.25, 0.3) is 0 Å². The maximum Gasteiger partial charge on any atom is 0.257 e. The minimum absolute atomic E-state index is 0.0698. The molecule has 1 aromatic carbocycles. The minimum Gasteiger partial charge on any atom is -0.497 e. The molecule has 0 radical (unpaired) electrons. The number of thiophene rings is 1. The summed E-state index contributed by atoms with van der Waals surface area (Å²) in [4.78, 5) is 22.5. The largest absolute Gasteiger partial charge is 0.497 e. The van der Waals surface area contributed by atoms with E-state index in [9.17, 15) is 4.79 Å². The van der Waals surface area contributed by atoms with Crippen molar-refractivity contribution in [3.8, 4) is 5.75 Å². The second-order valence-electron chi connectivity index (χ2n) is 8.46. The zero-order chi connectivity index (χ0) is 22.0. The van der Waals surface area contributed by atoms with E-state index in [1.165, 1.54) is 5.56 Å². The first-order valence-electron chi connectivity index (χ1n) is 10.9. The van der Waals surface area contributed by atoms with Crippen LogP contribution >= 0.6 is 11.3 Å². The lowest BCUT2D eigenvalue weighted by atomic mass is 9.83. The molecule has 5 rings (SSSR count). The van der Waals surface area contributed by atoms with E-state index in [0.717, 1.165) is 30.0 Å². The smallest absolute Gasteiger partial charge is 0.257 e. The molecule has 32 heavy (non-hydrogen) atoms. The molecule has 1 spiro atoms. The van der Waals surface area contributed by atoms with Crippen LogP contribution in [0.3, 0.4) is 0 Å². The summed E-state index contributed by atoms with van der Waals surface area (Å²) in [5.74, 6) is 0.851. The third-order valence-electron chi connectivity index (χ3n) is 6.41. The third kappa shape index (κ3) is 4.03. The van der Waals surface area contributed by atoms with E-state index < -0.39 is 5.60 Å². The first-order valence-corrected chi connectivity index (χ1v) is 11.8. The number of aromatic nitrogens is 1. The molecule has 0 N–H and O–H groups in total. The van der Waals surface area contributed by atoms with Crippen LogP contribution in [0, 0.1) is 0 Å². The molecule has 166 valence electrons. The fraction of sp³-hybridized carbons (Fsp3) is 0.360. The molecule has 6 nitrogen and oxygen atoms in total. The van der Waals surface area contributed by atoms with Gasteiger partial charge in [-0.2, -0.15) is 11.3 Å². The maximum absolute atomic E-state index is 13.9. The molecule has 3 aromatic rings. The molecule has 7 heteroatoms. The molecule has 2 saturated heterocycles. The number of pyridine rings is 1. The van der Waals surface area contributed by atoms with Crippen LogP contribution in [0.4, 0.5) is 0 Å². The van der Waals surface area contributed by atoms with Gasteiger partial charge in [-0.1, -0.05) is 18.2 Å². The van der Waals surface area contributed by atoms with Gasteiger partial charge in [0.25, 0.3) is 5.91 Å². The van der Waals surface area contributed by atoms with Crippen molar-refractivity contribution in [2.45, 2.75) is 24.6 Å². The SMILES string of the molecule is COc1cccc(CN2C[C@@H](c3cccnc3)[C@]3(C2)OCCN(Cc2ccsc2)C3=O)c1. The Labute approximate surface area is 192 Å². The van der Waals surface area contributed by atoms with Crippen molar-refractivity contribution in [3.05, 3.63) is 82.3 Å². The predicted octanol–water partition coefficient (Wildman–Crippen LogP) is 3.55. The molecular formula is C25H27N3O3S. The van der Waals surface area contributed by atoms with Crippen LogP contribution in [-0.4, -0.2) is 59.6 Å². The lowest BCUT2D eigenvalue weighted by Crippen LogP contribution is -2.59. The van der Waals surface area contributed by atoms with Crippen molar-refractivity contribution in [1.29, 1.82) is 0 Å². The number of rotatable bonds is 6. The zero-order valence-electron chi connectivity index (χ0n) is 18.1. The maximum atomic E-state index is 13.9. The number of carbonyl (C=O) groups excluding carboxylic acids is 1. The van der Waals surface area contributed by atoms with E-state index in [2.05, 4.69) is 44.9 Å². The normalized spacial score (nSPS) is 23.7. The number of amides is 1. The number of morpholine rings is 1. The summed E-state index contributed by atoms with van der Waals surface area (Å²) < 4.78 is 11.8. The Kier molecular flexibility index (Phi) is 5.95. The minimum atomic E-state index is -0.893. The van der Waals surface area contributed by atoms with Crippen molar-refractivity contribution < 1.29 is 14.3 Å². The van der Waals surface area contributed by atoms with Gasteiger partial charge in [0.15, 0.2) is 5.60 Å². The van der Waals surface area contributed by atoms with Crippen molar-refractivity contribution in [2.24, 2.45) is 0 Å². The quantitative estimate of drug-likeness (QED) is 0.576. The van der Waals surface area contributed by atoms with Crippen LogP contribution in [0.15, 0.2) is 65.6 Å². The Morgan fingerprint density at radius 3 is 2.94 bits per heavy atom. The molecule has 2 atom stereocenters. The standard InChI is InChI=1S/C25H27N3O3S/c1-30-22-6-2-4-19(12-22)14-27-16-23(21-5-3-8-26-13-21)25(18-27)24(29)28(9-10-31-25)15-20-7-11-32-17-20/h2-8,11-13,17,23H,9-10,14-16,18H2,1H3/t23-,25-/m0/s1. The molecule has 2 fully saturated rings. The Bertz CT molecular complexity index is 1060. The second-order valence-corrected chi connectivity index (χ2v) is 9.24. The number of benzene rings is 1. The number of nitrogens with zero attached hydrogens (tertiary/aromatic N) is 3. The molecule has 2 aromatic heterocycles. The Morgan fingerprint density at radius 1 is 1.22 bits per heavy atom. The molecule has 0 unspecified atom stereocenters. The molecule has 4 heterocycles. The second kappa shape index (κ2) is 9.02. The Morgan fingerprint density at radius 2 is 2.16 bits per heavy atom. The number of ether oxygens (including phenoxy) is 2. The molecule has 0 aliphatic carbocycles. The molecular weight excluding hydrogens is 422 g/mol. The van der Waals surface area contributed by atoms with Crippen LogP contribution in [0.2, 0.25) is 0 Å². The topological polar surface area (TPSA) is 54.9 Å². The van der Waals surface area contributed by atoms with E-state index >= 15 is 0 Å². The fourth-order valence-electron chi connectivity index (χ4n) is 4.90. The van der Waals surface area contributed by atoms with E-state index in [0.29, 0.717) is 26.2 Å². The molecule has 2 aliphatic rings. The van der Waals surface area contributed by atoms with Crippen LogP contribution in [-0.2, 0) is 22.6 Å². The summed E-state index contributed by atoms with van der Waals surface area (Å²) in [5.41, 5.74) is 2.48. The van der Waals surface area contributed by atoms with Gasteiger partial charge in [0.1, 0.15) is 5.75 Å². The summed E-state index contributed by atoms with van der Waals surface area (Å²) in [6.45, 7) is 3.81. The summed E-state index contributed by atoms with van der Waals surface area (Å²) >= 11 is 1.66. The highest BCUT2D eigenvalue weighted by molar-refractivity contribution is 7.07. The van der Waals surface area contributed by atoms with E-state index in [1.807, 2.05) is 29.3 Å². The summed E-state index contributed by atoms with van der Waals surface area (Å²) in [6.07, 6.45) is 3.64. The van der Waals surface area contributed by atoms with Gasteiger partial charge in [-0.05, 0) is 51.7 Å². The van der Waals surface area contributed by atoms with Gasteiger partial charge in [-0.25, -0.2) is 0 Å². The zero-order valence-corrected chi connectivity index (χ0v) is 19.0. The third-order valence-corrected chi connectivity index (χ3v) is 7.14. The van der Waals surface area contributed by atoms with Crippen molar-refractivity contribution >= 4 is 17.2 Å². The highest BCUT2D eigenvalue weighted by Gasteiger charge is 2.56. The average molecular weight is 450 g/mol. The lowest BCUT2D eigenvalue weighted by molar-refractivity contribution is -0.173. The van der Waals surface area contributed by atoms with Crippen molar-refractivity contribution in [1.82, 2.24) is 14.8 Å². The molecule has 0 bridgehead atoms. The lowest BCUT2D eigenvalue weighted by Gasteiger charge is -2.42. The highest BCUT2D eigenvalue weighted by Crippen LogP contribution is 2.42. The van der Waals surface area contributed by atoms with E-state index in [1.54, 1.807) is 24.6 Å². The number of likely N-dealkylation sites (tertiary alicyclic amines) is 1. The van der Waals surface area contributed by atoms with E-state index in [4.69, 9.17) is 9.47 Å². The Hall–Kier alpha value is -2.74. The van der Waals surface area contributed by atoms with Gasteiger partial charge in [-0.3, -0.25) is 14.7 Å². The first kappa shape index (κ1) is 21.1. The highest BCUT2D eigenvalue weighted by atomic mass is 32.1. The van der Waals surface area contributed by atoms with Crippen LogP contribution < -0.4 is 4.74 Å². The van der Waals surface area contributed by atoms with Crippen molar-refractivity contribution in [2.75, 3.05) is 33.4 Å². The number of hydrogen-bond donors (Lipinski definition) is 0. The van der Waals surface area contributed by atoms with Gasteiger partial charge >= 0.3 is 0 Å². The summed E-state index contributed by atoms with van der Waals surface area (Å²) in [5, 5.41) is 4.16. The number of carbonyl (C=O) groups is 1. The summed E-state index contributed by atoms with van der Waals surface area (Å²) in [6, 6.07) is 14.2. The van der Waals surface area contributed by atoms with Crippen LogP contribution in [0.1, 0.15) is 22.6 Å². The van der Waals surface area contributed by atoms with Gasteiger partial charge < -0.3 is 14.4 Å². The summed E-state index contributed by atoms with van der Waals surface area (Å²) in [7, 11) is 1.68. The number of hydrogen-bond acceptors (Lipinski definition) is 6. The first-order chi connectivity index (χ1) is 15.7. The van der Waals surface area contributed by atoms with E-state index in [-0.39, 0.29) is 11.8 Å². The van der Waals surface area contributed by atoms with Gasteiger partial charge in [0.05, 0.1) is 13.7 Å². The number of methoxy groups -OCH3 is 1. The molecule has 2 aliphatic heterocycles. The molecule has 0 saturated carbocycles. The van der Waals surface area contributed by atoms with Gasteiger partial charge in [0, 0.05) is 51.0 Å². The van der Waals surface area contributed by atoms with Gasteiger partial charge in [0.2, 0.25) is 0 Å². The fourth-order valence-corrected chi connectivity index (χ4v) is 5.56. The predicted molar refractivity (Wildman–Crippen MR) is 124 cm³/mol. The van der Waals surface area contributed by atoms with Crippen LogP contribution in [0.5, 0.6) is 5.75 Å². The monoisotopic (exact) mass is 449 g/mol. The Balaban J connectivity index is 1.44. The molecule has 1 amide bonds.